The Labute approximate surface area is 94.3 Å². The van der Waals surface area contributed by atoms with E-state index in [1.165, 1.54) is 11.3 Å². The van der Waals surface area contributed by atoms with Crippen molar-refractivity contribution in [2.45, 2.75) is 0 Å². The first-order valence-electron chi connectivity index (χ1n) is 4.30. The molecule has 3 aromatic heterocycles. The molecule has 0 aliphatic heterocycles. The van der Waals surface area contributed by atoms with E-state index in [1.54, 1.807) is 12.3 Å². The lowest BCUT2D eigenvalue weighted by Gasteiger charge is -1.85. The molecular formula is C10H5ClN2OS. The van der Waals surface area contributed by atoms with Crippen LogP contribution in [0.2, 0.25) is 5.15 Å². The molecule has 0 bridgehead atoms. The molecule has 5 heteroatoms. The first kappa shape index (κ1) is 8.88. The number of furan rings is 1. The maximum absolute atomic E-state index is 5.80. The molecule has 15 heavy (non-hydrogen) atoms. The molecule has 0 radical (unpaired) electrons. The Morgan fingerprint density at radius 3 is 2.93 bits per heavy atom. The third-order valence-corrected chi connectivity index (χ3v) is 3.14. The Bertz CT molecular complexity index is 603. The Morgan fingerprint density at radius 1 is 1.20 bits per heavy atom. The van der Waals surface area contributed by atoms with Crippen molar-refractivity contribution in [3.05, 3.63) is 35.7 Å². The zero-order chi connectivity index (χ0) is 10.3. The van der Waals surface area contributed by atoms with Crippen molar-refractivity contribution in [1.82, 2.24) is 9.97 Å². The molecule has 0 aliphatic carbocycles. The summed E-state index contributed by atoms with van der Waals surface area (Å²) in [6.07, 6.45) is 1.63. The van der Waals surface area contributed by atoms with Crippen LogP contribution in [-0.4, -0.2) is 9.97 Å². The van der Waals surface area contributed by atoms with Crippen LogP contribution >= 0.6 is 22.9 Å². The quantitative estimate of drug-likeness (QED) is 0.606. The second kappa shape index (κ2) is 3.32. The average molecular weight is 237 g/mol. The second-order valence-corrected chi connectivity index (χ2v) is 4.32. The molecule has 3 rings (SSSR count). The number of halogens is 1. The Kier molecular flexibility index (Phi) is 1.97. The van der Waals surface area contributed by atoms with Crippen molar-refractivity contribution < 1.29 is 4.42 Å². The smallest absolute Gasteiger partial charge is 0.162 e. The minimum absolute atomic E-state index is 0.483. The van der Waals surface area contributed by atoms with Gasteiger partial charge in [0, 0.05) is 0 Å². The van der Waals surface area contributed by atoms with E-state index < -0.39 is 0 Å². The molecule has 0 unspecified atom stereocenters. The van der Waals surface area contributed by atoms with Crippen molar-refractivity contribution in [2.75, 3.05) is 0 Å². The number of hydrogen-bond donors (Lipinski definition) is 0. The summed E-state index contributed by atoms with van der Waals surface area (Å²) in [7, 11) is 0. The highest BCUT2D eigenvalue weighted by Crippen LogP contribution is 2.29. The van der Waals surface area contributed by atoms with Gasteiger partial charge in [0.2, 0.25) is 0 Å². The number of aromatic nitrogens is 2. The van der Waals surface area contributed by atoms with Gasteiger partial charge in [0.15, 0.2) is 10.8 Å². The van der Waals surface area contributed by atoms with Gasteiger partial charge in [-0.3, -0.25) is 0 Å². The molecule has 0 saturated heterocycles. The summed E-state index contributed by atoms with van der Waals surface area (Å²) in [4.78, 5) is 9.41. The van der Waals surface area contributed by atoms with Crippen LogP contribution in [0.3, 0.4) is 0 Å². The van der Waals surface area contributed by atoms with Gasteiger partial charge in [-0.25, -0.2) is 9.97 Å². The van der Waals surface area contributed by atoms with Crippen molar-refractivity contribution in [3.8, 4) is 10.8 Å². The first-order chi connectivity index (χ1) is 7.33. The molecule has 0 aromatic carbocycles. The third-order valence-electron chi connectivity index (χ3n) is 1.95. The van der Waals surface area contributed by atoms with E-state index >= 15 is 0 Å². The fourth-order valence-corrected chi connectivity index (χ4v) is 2.40. The van der Waals surface area contributed by atoms with Gasteiger partial charge in [-0.1, -0.05) is 22.9 Å². The molecule has 0 aliphatic rings. The first-order valence-corrected chi connectivity index (χ1v) is 5.49. The number of fused-ring (bicyclic) bond motifs is 1. The van der Waals surface area contributed by atoms with Gasteiger partial charge in [0.05, 0.1) is 6.26 Å². The van der Waals surface area contributed by atoms with Crippen LogP contribution in [0.25, 0.3) is 21.1 Å². The minimum Gasteiger partial charge on any atom is -0.462 e. The van der Waals surface area contributed by atoms with Crippen LogP contribution in [0, 0.1) is 0 Å². The van der Waals surface area contributed by atoms with Crippen LogP contribution in [-0.2, 0) is 0 Å². The number of hydrogen-bond acceptors (Lipinski definition) is 4. The largest absolute Gasteiger partial charge is 0.462 e. The van der Waals surface area contributed by atoms with Gasteiger partial charge in [0.25, 0.3) is 0 Å². The molecule has 0 amide bonds. The molecule has 0 fully saturated rings. The van der Waals surface area contributed by atoms with Gasteiger partial charge in [-0.05, 0) is 24.3 Å². The molecule has 0 saturated carbocycles. The van der Waals surface area contributed by atoms with Crippen LogP contribution in [0.5, 0.6) is 0 Å². The lowest BCUT2D eigenvalue weighted by Crippen LogP contribution is -1.73. The standard InChI is InChI=1S/C10H5ClN2OS/c11-8-4-3-6-9(13-8)15-10(12-6)7-2-1-5-14-7/h1-5H. The highest BCUT2D eigenvalue weighted by atomic mass is 35.5. The topological polar surface area (TPSA) is 38.9 Å². The summed E-state index contributed by atoms with van der Waals surface area (Å²) < 4.78 is 5.27. The van der Waals surface area contributed by atoms with Crippen molar-refractivity contribution in [3.63, 3.8) is 0 Å². The zero-order valence-corrected chi connectivity index (χ0v) is 9.05. The maximum atomic E-state index is 5.80. The average Bonchev–Trinajstić information content (AvgIpc) is 2.84. The molecular weight excluding hydrogens is 232 g/mol. The monoisotopic (exact) mass is 236 g/mol. The molecule has 0 N–H and O–H groups in total. The van der Waals surface area contributed by atoms with Crippen LogP contribution in [0.1, 0.15) is 0 Å². The fraction of sp³-hybridized carbons (Fsp3) is 0. The number of rotatable bonds is 1. The minimum atomic E-state index is 0.483. The van der Waals surface area contributed by atoms with Crippen molar-refractivity contribution >= 4 is 33.3 Å². The van der Waals surface area contributed by atoms with Crippen LogP contribution in [0.4, 0.5) is 0 Å². The van der Waals surface area contributed by atoms with E-state index in [1.807, 2.05) is 18.2 Å². The molecule has 0 atom stereocenters. The normalized spacial score (nSPS) is 11.0. The number of nitrogens with zero attached hydrogens (tertiary/aromatic N) is 2. The summed E-state index contributed by atoms with van der Waals surface area (Å²) in [6, 6.07) is 7.30. The predicted octanol–water partition coefficient (Wildman–Crippen LogP) is 3.60. The number of pyridine rings is 1. The summed E-state index contributed by atoms with van der Waals surface area (Å²) in [5, 5.41) is 1.31. The number of thiazole rings is 1. The van der Waals surface area contributed by atoms with Crippen molar-refractivity contribution in [2.24, 2.45) is 0 Å². The molecule has 0 spiro atoms. The zero-order valence-electron chi connectivity index (χ0n) is 7.48. The summed E-state index contributed by atoms with van der Waals surface area (Å²) in [5.41, 5.74) is 0.843. The van der Waals surface area contributed by atoms with Gasteiger partial charge in [-0.15, -0.1) is 0 Å². The molecule has 74 valence electrons. The SMILES string of the molecule is Clc1ccc2nc(-c3ccco3)sc2n1. The van der Waals surface area contributed by atoms with Gasteiger partial charge in [0.1, 0.15) is 15.5 Å². The van der Waals surface area contributed by atoms with E-state index in [2.05, 4.69) is 9.97 Å². The summed E-state index contributed by atoms with van der Waals surface area (Å²) in [5.74, 6) is 0.758. The van der Waals surface area contributed by atoms with Crippen LogP contribution < -0.4 is 0 Å². The summed E-state index contributed by atoms with van der Waals surface area (Å²) >= 11 is 7.27. The maximum Gasteiger partial charge on any atom is 0.162 e. The van der Waals surface area contributed by atoms with Crippen LogP contribution in [0.15, 0.2) is 34.9 Å². The Balaban J connectivity index is 2.22. The van der Waals surface area contributed by atoms with E-state index in [0.29, 0.717) is 5.15 Å². The molecule has 3 nitrogen and oxygen atoms in total. The van der Waals surface area contributed by atoms with E-state index in [4.69, 9.17) is 16.0 Å². The lowest BCUT2D eigenvalue weighted by atomic mass is 10.4. The van der Waals surface area contributed by atoms with Crippen molar-refractivity contribution in [1.29, 1.82) is 0 Å². The predicted molar refractivity (Wildman–Crippen MR) is 60.1 cm³/mol. The Hall–Kier alpha value is -1.39. The molecule has 3 aromatic rings. The third kappa shape index (κ3) is 1.52. The second-order valence-electron chi connectivity index (χ2n) is 2.95. The van der Waals surface area contributed by atoms with Gasteiger partial charge in [-0.2, -0.15) is 0 Å². The van der Waals surface area contributed by atoms with Gasteiger partial charge < -0.3 is 4.42 Å². The lowest BCUT2D eigenvalue weighted by molar-refractivity contribution is 0.582. The fourth-order valence-electron chi connectivity index (χ4n) is 1.30. The Morgan fingerprint density at radius 2 is 2.13 bits per heavy atom. The highest BCUT2D eigenvalue weighted by Gasteiger charge is 2.09. The van der Waals surface area contributed by atoms with E-state index in [-0.39, 0.29) is 0 Å². The van der Waals surface area contributed by atoms with E-state index in [0.717, 1.165) is 21.1 Å². The van der Waals surface area contributed by atoms with E-state index in [9.17, 15) is 0 Å². The molecule has 3 heterocycles. The highest BCUT2D eigenvalue weighted by molar-refractivity contribution is 7.21. The van der Waals surface area contributed by atoms with Gasteiger partial charge >= 0.3 is 0 Å². The summed E-state index contributed by atoms with van der Waals surface area (Å²) in [6.45, 7) is 0.